The predicted molar refractivity (Wildman–Crippen MR) is 63.5 cm³/mol. The van der Waals surface area contributed by atoms with E-state index in [-0.39, 0.29) is 12.4 Å². The highest BCUT2D eigenvalue weighted by Gasteiger charge is 2.10. The highest BCUT2D eigenvalue weighted by atomic mass is 16.3. The summed E-state index contributed by atoms with van der Waals surface area (Å²) in [6.07, 6.45) is 3.00. The smallest absolute Gasteiger partial charge is 0.141 e. The Morgan fingerprint density at radius 2 is 2.17 bits per heavy atom. The van der Waals surface area contributed by atoms with Crippen LogP contribution in [0.3, 0.4) is 0 Å². The number of nitrogens with zero attached hydrogens (tertiary/aromatic N) is 3. The third-order valence-corrected chi connectivity index (χ3v) is 2.66. The molecule has 0 aromatic carbocycles. The summed E-state index contributed by atoms with van der Waals surface area (Å²) in [6, 6.07) is 0. The van der Waals surface area contributed by atoms with Crippen LogP contribution in [0.1, 0.15) is 22.6 Å². The Morgan fingerprint density at radius 1 is 1.33 bits per heavy atom. The van der Waals surface area contributed by atoms with E-state index in [1.54, 1.807) is 13.1 Å². The van der Waals surface area contributed by atoms with Crippen LogP contribution in [0.25, 0.3) is 0 Å². The zero-order valence-electron chi connectivity index (χ0n) is 10.0. The van der Waals surface area contributed by atoms with Crippen LogP contribution in [0.15, 0.2) is 12.5 Å². The Morgan fingerprint density at radius 3 is 2.83 bits per heavy atom. The summed E-state index contributed by atoms with van der Waals surface area (Å²) in [5, 5.41) is 28.7. The van der Waals surface area contributed by atoms with E-state index in [0.29, 0.717) is 35.7 Å². The zero-order valence-corrected chi connectivity index (χ0v) is 10.0. The number of aromatic amines is 1. The lowest BCUT2D eigenvalue weighted by Crippen LogP contribution is -2.15. The van der Waals surface area contributed by atoms with Gasteiger partial charge < -0.3 is 15.5 Å². The van der Waals surface area contributed by atoms with Crippen molar-refractivity contribution in [3.63, 3.8) is 0 Å². The Labute approximate surface area is 104 Å². The third-order valence-electron chi connectivity index (χ3n) is 2.66. The standard InChI is InChI=1S/C11H15N5O2/c1-7-11(18)9(8(5-17)2-13-7)3-12-4-10-14-6-15-16-10/h2,6,12,17-18H,3-5H2,1H3,(H,14,15,16). The van der Waals surface area contributed by atoms with Gasteiger partial charge in [-0.05, 0) is 6.92 Å². The summed E-state index contributed by atoms with van der Waals surface area (Å²) in [5.41, 5.74) is 1.82. The fourth-order valence-electron chi connectivity index (χ4n) is 1.64. The lowest BCUT2D eigenvalue weighted by atomic mass is 10.1. The van der Waals surface area contributed by atoms with E-state index in [2.05, 4.69) is 25.5 Å². The molecule has 0 aliphatic rings. The number of pyridine rings is 1. The third kappa shape index (κ3) is 2.63. The summed E-state index contributed by atoms with van der Waals surface area (Å²) in [6.45, 7) is 2.49. The number of H-pyrrole nitrogens is 1. The molecule has 0 saturated carbocycles. The van der Waals surface area contributed by atoms with Crippen molar-refractivity contribution >= 4 is 0 Å². The minimum absolute atomic E-state index is 0.117. The van der Waals surface area contributed by atoms with Gasteiger partial charge in [-0.3, -0.25) is 10.1 Å². The van der Waals surface area contributed by atoms with E-state index >= 15 is 0 Å². The van der Waals surface area contributed by atoms with Gasteiger partial charge in [-0.25, -0.2) is 4.98 Å². The fourth-order valence-corrected chi connectivity index (χ4v) is 1.64. The van der Waals surface area contributed by atoms with E-state index in [9.17, 15) is 10.2 Å². The molecule has 96 valence electrons. The highest BCUT2D eigenvalue weighted by Crippen LogP contribution is 2.23. The molecule has 0 radical (unpaired) electrons. The minimum Gasteiger partial charge on any atom is -0.506 e. The second kappa shape index (κ2) is 5.56. The molecule has 7 heteroatoms. The van der Waals surface area contributed by atoms with Gasteiger partial charge in [-0.15, -0.1) is 0 Å². The summed E-state index contributed by atoms with van der Waals surface area (Å²) in [4.78, 5) is 7.98. The molecule has 18 heavy (non-hydrogen) atoms. The minimum atomic E-state index is -0.153. The van der Waals surface area contributed by atoms with Gasteiger partial charge in [0.1, 0.15) is 17.9 Å². The largest absolute Gasteiger partial charge is 0.506 e. The van der Waals surface area contributed by atoms with Crippen LogP contribution in [0.2, 0.25) is 0 Å². The average molecular weight is 249 g/mol. The van der Waals surface area contributed by atoms with Crippen LogP contribution in [-0.4, -0.2) is 30.4 Å². The summed E-state index contributed by atoms with van der Waals surface area (Å²) >= 11 is 0. The first-order chi connectivity index (χ1) is 8.72. The van der Waals surface area contributed by atoms with E-state index < -0.39 is 0 Å². The highest BCUT2D eigenvalue weighted by molar-refractivity contribution is 5.40. The molecular weight excluding hydrogens is 234 g/mol. The topological polar surface area (TPSA) is 107 Å². The van der Waals surface area contributed by atoms with Crippen molar-refractivity contribution in [2.75, 3.05) is 0 Å². The van der Waals surface area contributed by atoms with Crippen molar-refractivity contribution in [1.82, 2.24) is 25.5 Å². The lowest BCUT2D eigenvalue weighted by molar-refractivity contribution is 0.278. The van der Waals surface area contributed by atoms with Crippen LogP contribution in [0.4, 0.5) is 0 Å². The number of rotatable bonds is 5. The van der Waals surface area contributed by atoms with Gasteiger partial charge in [0, 0.05) is 23.9 Å². The number of aromatic nitrogens is 4. The second-order valence-electron chi connectivity index (χ2n) is 3.89. The van der Waals surface area contributed by atoms with Crippen LogP contribution in [-0.2, 0) is 19.7 Å². The normalized spacial score (nSPS) is 10.8. The van der Waals surface area contributed by atoms with E-state index in [4.69, 9.17) is 0 Å². The molecule has 2 aromatic rings. The molecule has 0 spiro atoms. The number of nitrogens with one attached hydrogen (secondary N) is 2. The maximum Gasteiger partial charge on any atom is 0.141 e. The van der Waals surface area contributed by atoms with Gasteiger partial charge in [-0.1, -0.05) is 0 Å². The monoisotopic (exact) mass is 249 g/mol. The van der Waals surface area contributed by atoms with E-state index in [1.165, 1.54) is 6.33 Å². The Balaban J connectivity index is 2.06. The van der Waals surface area contributed by atoms with Crippen molar-refractivity contribution < 1.29 is 10.2 Å². The number of aryl methyl sites for hydroxylation is 1. The number of aromatic hydroxyl groups is 1. The predicted octanol–water partition coefficient (Wildman–Crippen LogP) is -0.00418. The quantitative estimate of drug-likeness (QED) is 0.594. The van der Waals surface area contributed by atoms with Crippen molar-refractivity contribution in [2.24, 2.45) is 0 Å². The zero-order chi connectivity index (χ0) is 13.0. The van der Waals surface area contributed by atoms with Gasteiger partial charge in [0.15, 0.2) is 0 Å². The van der Waals surface area contributed by atoms with Crippen LogP contribution in [0.5, 0.6) is 5.75 Å². The van der Waals surface area contributed by atoms with Crippen LogP contribution >= 0.6 is 0 Å². The SMILES string of the molecule is Cc1ncc(CO)c(CNCc2ncn[nH]2)c1O. The molecule has 0 bridgehead atoms. The number of hydrogen-bond acceptors (Lipinski definition) is 6. The molecule has 2 heterocycles. The molecule has 0 fully saturated rings. The van der Waals surface area contributed by atoms with Crippen molar-refractivity contribution in [2.45, 2.75) is 26.6 Å². The van der Waals surface area contributed by atoms with Crippen LogP contribution < -0.4 is 5.32 Å². The van der Waals surface area contributed by atoms with Gasteiger partial charge >= 0.3 is 0 Å². The molecular formula is C11H15N5O2. The second-order valence-corrected chi connectivity index (χ2v) is 3.89. The maximum atomic E-state index is 9.92. The first kappa shape index (κ1) is 12.5. The molecule has 4 N–H and O–H groups in total. The van der Waals surface area contributed by atoms with Crippen molar-refractivity contribution in [1.29, 1.82) is 0 Å². The summed E-state index contributed by atoms with van der Waals surface area (Å²) < 4.78 is 0. The van der Waals surface area contributed by atoms with Gasteiger partial charge in [0.05, 0.1) is 18.8 Å². The molecule has 0 aliphatic carbocycles. The first-order valence-electron chi connectivity index (χ1n) is 5.54. The molecule has 0 saturated heterocycles. The Kier molecular flexibility index (Phi) is 3.85. The van der Waals surface area contributed by atoms with E-state index in [1.807, 2.05) is 0 Å². The van der Waals surface area contributed by atoms with Gasteiger partial charge in [0.2, 0.25) is 0 Å². The average Bonchev–Trinajstić information content (AvgIpc) is 2.88. The lowest BCUT2D eigenvalue weighted by Gasteiger charge is -2.11. The van der Waals surface area contributed by atoms with Gasteiger partial charge in [-0.2, -0.15) is 5.10 Å². The molecule has 2 rings (SSSR count). The van der Waals surface area contributed by atoms with Crippen LogP contribution in [0, 0.1) is 6.92 Å². The summed E-state index contributed by atoms with van der Waals surface area (Å²) in [5.74, 6) is 0.831. The Hall–Kier alpha value is -1.99. The number of aliphatic hydroxyl groups is 1. The van der Waals surface area contributed by atoms with E-state index in [0.717, 1.165) is 0 Å². The summed E-state index contributed by atoms with van der Waals surface area (Å²) in [7, 11) is 0. The van der Waals surface area contributed by atoms with Gasteiger partial charge in [0.25, 0.3) is 0 Å². The molecule has 2 aromatic heterocycles. The Bertz CT molecular complexity index is 512. The fraction of sp³-hybridized carbons (Fsp3) is 0.364. The first-order valence-corrected chi connectivity index (χ1v) is 5.54. The maximum absolute atomic E-state index is 9.92. The van der Waals surface area contributed by atoms with Crippen molar-refractivity contribution in [3.8, 4) is 5.75 Å². The molecule has 0 amide bonds. The number of hydrogen-bond donors (Lipinski definition) is 4. The molecule has 0 unspecified atom stereocenters. The molecule has 7 nitrogen and oxygen atoms in total. The molecule has 0 aliphatic heterocycles. The van der Waals surface area contributed by atoms with Crippen molar-refractivity contribution in [3.05, 3.63) is 35.2 Å². The molecule has 0 atom stereocenters. The number of aliphatic hydroxyl groups excluding tert-OH is 1.